The number of nitrogens with one attached hydrogen (secondary N) is 1. The molecule has 1 aromatic rings. The Hall–Kier alpha value is -0.870. The van der Waals surface area contributed by atoms with Gasteiger partial charge in [0, 0.05) is 20.1 Å². The molecule has 0 amide bonds. The summed E-state index contributed by atoms with van der Waals surface area (Å²) in [4.78, 5) is 4.58. The summed E-state index contributed by atoms with van der Waals surface area (Å²) in [5.74, 6) is 1.04. The van der Waals surface area contributed by atoms with Crippen molar-refractivity contribution < 1.29 is 8.42 Å². The second-order valence-electron chi connectivity index (χ2n) is 6.97. The summed E-state index contributed by atoms with van der Waals surface area (Å²) in [7, 11) is -0.460. The first kappa shape index (κ1) is 25.1. The van der Waals surface area contributed by atoms with Crippen LogP contribution in [-0.4, -0.2) is 38.8 Å². The van der Waals surface area contributed by atoms with E-state index >= 15 is 0 Å². The molecule has 0 aliphatic rings. The molecule has 0 aliphatic heterocycles. The van der Waals surface area contributed by atoms with Crippen molar-refractivity contribution in [2.75, 3.05) is 14.1 Å². The largest absolute Gasteiger partial charge is 0.370 e. The molecule has 1 rings (SSSR count). The van der Waals surface area contributed by atoms with Crippen molar-refractivity contribution in [2.24, 2.45) is 16.6 Å². The molecule has 0 aromatic heterocycles. The number of hydrogen-bond donors (Lipinski definition) is 2. The highest BCUT2D eigenvalue weighted by Crippen LogP contribution is 2.19. The second-order valence-corrected chi connectivity index (χ2v) is 9.09. The summed E-state index contributed by atoms with van der Waals surface area (Å²) < 4.78 is 26.0. The molecule has 6 nitrogen and oxygen atoms in total. The minimum absolute atomic E-state index is 0. The third kappa shape index (κ3) is 8.22. The maximum atomic E-state index is 12.4. The number of benzene rings is 1. The van der Waals surface area contributed by atoms with E-state index in [0.717, 1.165) is 12.8 Å². The minimum atomic E-state index is -3.50. The van der Waals surface area contributed by atoms with E-state index < -0.39 is 10.0 Å². The number of nitrogens with zero attached hydrogens (tertiary/aromatic N) is 2. The molecular formula is C18H33IN4O2S. The maximum absolute atomic E-state index is 12.4. The number of rotatable bonds is 9. The van der Waals surface area contributed by atoms with Crippen LogP contribution < -0.4 is 11.1 Å². The van der Waals surface area contributed by atoms with Gasteiger partial charge in [-0.2, -0.15) is 0 Å². The molecule has 0 heterocycles. The molecule has 150 valence electrons. The van der Waals surface area contributed by atoms with Crippen LogP contribution in [-0.2, 0) is 16.6 Å². The van der Waals surface area contributed by atoms with Crippen LogP contribution in [0.25, 0.3) is 0 Å². The van der Waals surface area contributed by atoms with E-state index in [1.54, 1.807) is 24.3 Å². The van der Waals surface area contributed by atoms with Gasteiger partial charge >= 0.3 is 0 Å². The topological polar surface area (TPSA) is 87.8 Å². The fourth-order valence-electron chi connectivity index (χ4n) is 2.46. The van der Waals surface area contributed by atoms with E-state index in [0.29, 0.717) is 17.4 Å². The first-order chi connectivity index (χ1) is 11.6. The Morgan fingerprint density at radius 2 is 1.81 bits per heavy atom. The lowest BCUT2D eigenvalue weighted by Gasteiger charge is -2.16. The molecule has 0 fully saturated rings. The summed E-state index contributed by atoms with van der Waals surface area (Å²) in [5.41, 5.74) is 6.58. The number of aliphatic imine (C=N–C) groups is 1. The average molecular weight is 496 g/mol. The van der Waals surface area contributed by atoms with E-state index in [9.17, 15) is 8.42 Å². The van der Waals surface area contributed by atoms with Gasteiger partial charge in [0.15, 0.2) is 5.96 Å². The molecule has 0 bridgehead atoms. The highest BCUT2D eigenvalue weighted by molar-refractivity contribution is 14.0. The molecular weight excluding hydrogens is 463 g/mol. The fraction of sp³-hybridized carbons (Fsp3) is 0.611. The van der Waals surface area contributed by atoms with Crippen LogP contribution in [0.2, 0.25) is 0 Å². The molecule has 0 saturated carbocycles. The Kier molecular flexibility index (Phi) is 11.4. The van der Waals surface area contributed by atoms with E-state index in [4.69, 9.17) is 5.73 Å². The Labute approximate surface area is 175 Å². The van der Waals surface area contributed by atoms with Crippen LogP contribution in [0, 0.1) is 5.92 Å². The second kappa shape index (κ2) is 11.8. The maximum Gasteiger partial charge on any atom is 0.242 e. The normalized spacial score (nSPS) is 13.6. The predicted octanol–water partition coefficient (Wildman–Crippen LogP) is 3.17. The van der Waals surface area contributed by atoms with Crippen molar-refractivity contribution in [3.8, 4) is 0 Å². The number of guanidine groups is 1. The van der Waals surface area contributed by atoms with Gasteiger partial charge in [0.05, 0.1) is 11.4 Å². The first-order valence-electron chi connectivity index (χ1n) is 8.71. The summed E-state index contributed by atoms with van der Waals surface area (Å²) in [6.45, 7) is 6.73. The third-order valence-corrected chi connectivity index (χ3v) is 5.88. The smallest absolute Gasteiger partial charge is 0.242 e. The molecule has 0 spiro atoms. The van der Waals surface area contributed by atoms with Crippen LogP contribution in [0.4, 0.5) is 0 Å². The molecule has 1 atom stereocenters. The lowest BCUT2D eigenvalue weighted by molar-refractivity contribution is 0.493. The van der Waals surface area contributed by atoms with E-state index in [1.165, 1.54) is 24.8 Å². The van der Waals surface area contributed by atoms with Crippen LogP contribution in [0.3, 0.4) is 0 Å². The lowest BCUT2D eigenvalue weighted by Crippen LogP contribution is -2.38. The molecule has 3 N–H and O–H groups in total. The van der Waals surface area contributed by atoms with Crippen LogP contribution in [0.15, 0.2) is 34.2 Å². The number of hydrogen-bond acceptors (Lipinski definition) is 3. The Bertz CT molecular complexity index is 676. The highest BCUT2D eigenvalue weighted by Gasteiger charge is 2.20. The lowest BCUT2D eigenvalue weighted by atomic mass is 10.0. The summed E-state index contributed by atoms with van der Waals surface area (Å²) in [6, 6.07) is 7.11. The summed E-state index contributed by atoms with van der Waals surface area (Å²) in [6.07, 6.45) is 3.36. The molecule has 0 radical (unpaired) electrons. The van der Waals surface area contributed by atoms with Gasteiger partial charge < -0.3 is 11.1 Å². The molecule has 8 heteroatoms. The minimum Gasteiger partial charge on any atom is -0.370 e. The van der Waals surface area contributed by atoms with Crippen molar-refractivity contribution in [2.45, 2.75) is 57.5 Å². The van der Waals surface area contributed by atoms with Gasteiger partial charge in [-0.05, 0) is 30.9 Å². The standard InChI is InChI=1S/C18H32N4O2S.HI/c1-14(2)9-8-10-15(3)21-18(19)20-13-16-11-6-7-12-17(16)25(23,24)22(4)5;/h6-7,11-12,14-15H,8-10,13H2,1-5H3,(H3,19,20,21);1H. The number of sulfonamides is 1. The fourth-order valence-corrected chi connectivity index (χ4v) is 3.56. The zero-order valence-corrected chi connectivity index (χ0v) is 19.5. The third-order valence-electron chi connectivity index (χ3n) is 3.96. The van der Waals surface area contributed by atoms with Crippen molar-refractivity contribution in [1.82, 2.24) is 9.62 Å². The summed E-state index contributed by atoms with van der Waals surface area (Å²) >= 11 is 0. The van der Waals surface area contributed by atoms with Gasteiger partial charge in [-0.15, -0.1) is 24.0 Å². The molecule has 0 saturated heterocycles. The van der Waals surface area contributed by atoms with Crippen molar-refractivity contribution >= 4 is 40.0 Å². The molecule has 0 aliphatic carbocycles. The molecule has 1 unspecified atom stereocenters. The Balaban J connectivity index is 0.00000625. The number of halogens is 1. The monoisotopic (exact) mass is 496 g/mol. The van der Waals surface area contributed by atoms with E-state index in [-0.39, 0.29) is 41.5 Å². The molecule has 1 aromatic carbocycles. The van der Waals surface area contributed by atoms with E-state index in [1.807, 2.05) is 0 Å². The Morgan fingerprint density at radius 3 is 2.38 bits per heavy atom. The van der Waals surface area contributed by atoms with Crippen LogP contribution >= 0.6 is 24.0 Å². The SMILES string of the molecule is CC(C)CCCC(C)NC(N)=NCc1ccccc1S(=O)(=O)N(C)C.I. The molecule has 26 heavy (non-hydrogen) atoms. The average Bonchev–Trinajstić information content (AvgIpc) is 2.52. The van der Waals surface area contributed by atoms with Gasteiger partial charge in [-0.1, -0.05) is 44.9 Å². The van der Waals surface area contributed by atoms with Gasteiger partial charge in [-0.3, -0.25) is 0 Å². The van der Waals surface area contributed by atoms with Gasteiger partial charge in [0.25, 0.3) is 0 Å². The van der Waals surface area contributed by atoms with Gasteiger partial charge in [0.1, 0.15) is 0 Å². The zero-order chi connectivity index (χ0) is 19.0. The van der Waals surface area contributed by atoms with Crippen LogP contribution in [0.5, 0.6) is 0 Å². The Morgan fingerprint density at radius 1 is 1.19 bits per heavy atom. The predicted molar refractivity (Wildman–Crippen MR) is 119 cm³/mol. The summed E-state index contributed by atoms with van der Waals surface area (Å²) in [5, 5.41) is 3.17. The van der Waals surface area contributed by atoms with Gasteiger partial charge in [-0.25, -0.2) is 17.7 Å². The van der Waals surface area contributed by atoms with Crippen molar-refractivity contribution in [1.29, 1.82) is 0 Å². The van der Waals surface area contributed by atoms with Crippen molar-refractivity contribution in [3.05, 3.63) is 29.8 Å². The van der Waals surface area contributed by atoms with E-state index in [2.05, 4.69) is 31.1 Å². The van der Waals surface area contributed by atoms with Crippen LogP contribution in [0.1, 0.15) is 45.6 Å². The van der Waals surface area contributed by atoms with Crippen molar-refractivity contribution in [3.63, 3.8) is 0 Å². The highest BCUT2D eigenvalue weighted by atomic mass is 127. The quantitative estimate of drug-likeness (QED) is 0.312. The first-order valence-corrected chi connectivity index (χ1v) is 10.2. The number of nitrogens with two attached hydrogens (primary N) is 1. The zero-order valence-electron chi connectivity index (χ0n) is 16.4. The van der Waals surface area contributed by atoms with Gasteiger partial charge in [0.2, 0.25) is 10.0 Å².